The minimum Gasteiger partial charge on any atom is -0.323 e. The monoisotopic (exact) mass is 296 g/mol. The highest BCUT2D eigenvalue weighted by Crippen LogP contribution is 2.29. The van der Waals surface area contributed by atoms with E-state index >= 15 is 0 Å². The van der Waals surface area contributed by atoms with Gasteiger partial charge in [-0.2, -0.15) is 0 Å². The van der Waals surface area contributed by atoms with Crippen LogP contribution < -0.4 is 5.73 Å². The highest BCUT2D eigenvalue weighted by molar-refractivity contribution is 9.10. The molecule has 2 heterocycles. The van der Waals surface area contributed by atoms with Crippen LogP contribution in [0.2, 0.25) is 0 Å². The van der Waals surface area contributed by atoms with Crippen molar-refractivity contribution >= 4 is 27.3 Å². The topological polar surface area (TPSA) is 38.9 Å². The van der Waals surface area contributed by atoms with E-state index in [1.165, 1.54) is 10.4 Å². The van der Waals surface area contributed by atoms with Gasteiger partial charge in [0.25, 0.3) is 0 Å². The molecule has 2 nitrogen and oxygen atoms in total. The average molecular weight is 297 g/mol. The van der Waals surface area contributed by atoms with Crippen molar-refractivity contribution in [1.29, 1.82) is 0 Å². The van der Waals surface area contributed by atoms with Crippen molar-refractivity contribution in [3.63, 3.8) is 0 Å². The van der Waals surface area contributed by atoms with Gasteiger partial charge in [-0.25, -0.2) is 0 Å². The Morgan fingerprint density at radius 3 is 2.81 bits per heavy atom. The molecule has 16 heavy (non-hydrogen) atoms. The summed E-state index contributed by atoms with van der Waals surface area (Å²) < 4.78 is 1.09. The van der Waals surface area contributed by atoms with Crippen LogP contribution in [0.3, 0.4) is 0 Å². The lowest BCUT2D eigenvalue weighted by atomic mass is 10.1. The number of aryl methyl sites for hydroxylation is 1. The maximum absolute atomic E-state index is 6.15. The number of hydrogen-bond acceptors (Lipinski definition) is 3. The summed E-state index contributed by atoms with van der Waals surface area (Å²) in [5, 5.41) is 2.04. The number of aromatic nitrogens is 1. The highest BCUT2D eigenvalue weighted by Gasteiger charge is 2.12. The number of pyridine rings is 1. The zero-order valence-corrected chi connectivity index (χ0v) is 11.4. The third-order valence-electron chi connectivity index (χ3n) is 2.38. The lowest BCUT2D eigenvalue weighted by Crippen LogP contribution is -2.13. The Morgan fingerprint density at radius 1 is 1.44 bits per heavy atom. The molecule has 1 atom stereocenters. The Labute approximate surface area is 108 Å². The predicted molar refractivity (Wildman–Crippen MR) is 71.6 cm³/mol. The number of nitrogens with two attached hydrogens (primary N) is 1. The highest BCUT2D eigenvalue weighted by atomic mass is 79.9. The summed E-state index contributed by atoms with van der Waals surface area (Å²) in [6, 6.07) is 6.15. The van der Waals surface area contributed by atoms with Gasteiger partial charge in [0.15, 0.2) is 0 Å². The van der Waals surface area contributed by atoms with Gasteiger partial charge < -0.3 is 5.73 Å². The van der Waals surface area contributed by atoms with Crippen LogP contribution in [0, 0.1) is 6.92 Å². The van der Waals surface area contributed by atoms with Crippen molar-refractivity contribution in [3.8, 4) is 0 Å². The smallest absolute Gasteiger partial charge is 0.0457 e. The molecule has 0 radical (unpaired) electrons. The first kappa shape index (κ1) is 11.8. The molecule has 0 saturated heterocycles. The summed E-state index contributed by atoms with van der Waals surface area (Å²) in [7, 11) is 0. The molecule has 0 bridgehead atoms. The van der Waals surface area contributed by atoms with Crippen molar-refractivity contribution < 1.29 is 0 Å². The normalized spacial score (nSPS) is 12.7. The summed E-state index contributed by atoms with van der Waals surface area (Å²) in [6.45, 7) is 2.03. The van der Waals surface area contributed by atoms with Crippen molar-refractivity contribution in [2.75, 3.05) is 0 Å². The van der Waals surface area contributed by atoms with E-state index in [1.807, 2.05) is 30.6 Å². The fraction of sp³-hybridized carbons (Fsp3) is 0.250. The molecule has 84 valence electrons. The predicted octanol–water partition coefficient (Wildman–Crippen LogP) is 3.46. The Bertz CT molecular complexity index is 464. The molecule has 0 aliphatic heterocycles. The molecule has 0 spiro atoms. The van der Waals surface area contributed by atoms with Crippen molar-refractivity contribution in [3.05, 3.63) is 50.4 Å². The maximum atomic E-state index is 6.15. The van der Waals surface area contributed by atoms with Crippen LogP contribution in [0.1, 0.15) is 22.2 Å². The van der Waals surface area contributed by atoms with E-state index in [4.69, 9.17) is 5.73 Å². The van der Waals surface area contributed by atoms with Crippen LogP contribution in [-0.2, 0) is 6.42 Å². The molecule has 2 N–H and O–H groups in total. The average Bonchev–Trinajstić information content (AvgIpc) is 2.68. The summed E-state index contributed by atoms with van der Waals surface area (Å²) in [6.07, 6.45) is 2.66. The quantitative estimate of drug-likeness (QED) is 0.942. The largest absolute Gasteiger partial charge is 0.323 e. The fourth-order valence-corrected chi connectivity index (χ4v) is 3.18. The Kier molecular flexibility index (Phi) is 3.74. The van der Waals surface area contributed by atoms with Gasteiger partial charge in [0, 0.05) is 33.7 Å². The van der Waals surface area contributed by atoms with E-state index in [0.29, 0.717) is 0 Å². The molecular weight excluding hydrogens is 284 g/mol. The molecule has 0 fully saturated rings. The summed E-state index contributed by atoms with van der Waals surface area (Å²) in [4.78, 5) is 5.55. The van der Waals surface area contributed by atoms with Gasteiger partial charge in [-0.05, 0) is 45.9 Å². The second-order valence-corrected chi connectivity index (χ2v) is 5.57. The number of hydrogen-bond donors (Lipinski definition) is 1. The van der Waals surface area contributed by atoms with Crippen LogP contribution >= 0.6 is 27.3 Å². The zero-order chi connectivity index (χ0) is 11.5. The molecule has 4 heteroatoms. The molecule has 0 amide bonds. The van der Waals surface area contributed by atoms with Gasteiger partial charge in [0.1, 0.15) is 0 Å². The van der Waals surface area contributed by atoms with E-state index in [-0.39, 0.29) is 6.04 Å². The van der Waals surface area contributed by atoms with Crippen molar-refractivity contribution in [1.82, 2.24) is 4.98 Å². The third-order valence-corrected chi connectivity index (χ3v) is 4.39. The SMILES string of the molecule is Cc1ccc(CC(N)c2sccc2Br)nc1. The van der Waals surface area contributed by atoms with E-state index in [1.54, 1.807) is 11.3 Å². The van der Waals surface area contributed by atoms with Gasteiger partial charge in [-0.3, -0.25) is 4.98 Å². The summed E-state index contributed by atoms with van der Waals surface area (Å²) in [5.41, 5.74) is 8.37. The van der Waals surface area contributed by atoms with Crippen molar-refractivity contribution in [2.24, 2.45) is 5.73 Å². The van der Waals surface area contributed by atoms with Crippen molar-refractivity contribution in [2.45, 2.75) is 19.4 Å². The molecule has 2 aromatic rings. The zero-order valence-electron chi connectivity index (χ0n) is 8.98. The molecule has 2 rings (SSSR count). The Balaban J connectivity index is 2.10. The second kappa shape index (κ2) is 5.08. The molecule has 0 aromatic carbocycles. The Morgan fingerprint density at radius 2 is 2.25 bits per heavy atom. The maximum Gasteiger partial charge on any atom is 0.0457 e. The number of halogens is 1. The van der Waals surface area contributed by atoms with Crippen LogP contribution in [0.4, 0.5) is 0 Å². The van der Waals surface area contributed by atoms with E-state index < -0.39 is 0 Å². The van der Waals surface area contributed by atoms with Gasteiger partial charge in [-0.15, -0.1) is 11.3 Å². The molecule has 2 aromatic heterocycles. The van der Waals surface area contributed by atoms with Crippen LogP contribution in [-0.4, -0.2) is 4.98 Å². The minimum atomic E-state index is 0.0181. The second-order valence-electron chi connectivity index (χ2n) is 3.77. The third kappa shape index (κ3) is 2.70. The van der Waals surface area contributed by atoms with Gasteiger partial charge in [0.05, 0.1) is 0 Å². The van der Waals surface area contributed by atoms with Gasteiger partial charge in [-0.1, -0.05) is 6.07 Å². The van der Waals surface area contributed by atoms with Gasteiger partial charge in [0.2, 0.25) is 0 Å². The van der Waals surface area contributed by atoms with E-state index in [2.05, 4.69) is 27.0 Å². The number of thiophene rings is 1. The van der Waals surface area contributed by atoms with E-state index in [0.717, 1.165) is 16.6 Å². The first-order chi connectivity index (χ1) is 7.66. The lowest BCUT2D eigenvalue weighted by molar-refractivity contribution is 0.717. The minimum absolute atomic E-state index is 0.0181. The molecular formula is C12H13BrN2S. The van der Waals surface area contributed by atoms with Crippen LogP contribution in [0.5, 0.6) is 0 Å². The number of rotatable bonds is 3. The van der Waals surface area contributed by atoms with E-state index in [9.17, 15) is 0 Å². The van der Waals surface area contributed by atoms with Gasteiger partial charge >= 0.3 is 0 Å². The summed E-state index contributed by atoms with van der Waals surface area (Å²) in [5.74, 6) is 0. The summed E-state index contributed by atoms with van der Waals surface area (Å²) >= 11 is 5.18. The fourth-order valence-electron chi connectivity index (χ4n) is 1.51. The van der Waals surface area contributed by atoms with Crippen LogP contribution in [0.15, 0.2) is 34.2 Å². The lowest BCUT2D eigenvalue weighted by Gasteiger charge is -2.10. The number of nitrogens with zero attached hydrogens (tertiary/aromatic N) is 1. The first-order valence-corrected chi connectivity index (χ1v) is 6.74. The molecule has 0 aliphatic rings. The molecule has 0 aliphatic carbocycles. The Hall–Kier alpha value is -0.710. The standard InChI is InChI=1S/C12H13BrN2S/c1-8-2-3-9(15-7-8)6-11(14)12-10(13)4-5-16-12/h2-5,7,11H,6,14H2,1H3. The van der Waals surface area contributed by atoms with Crippen LogP contribution in [0.25, 0.3) is 0 Å². The molecule has 0 saturated carbocycles. The molecule has 1 unspecified atom stereocenters. The first-order valence-electron chi connectivity index (χ1n) is 5.07.